The van der Waals surface area contributed by atoms with Crippen LogP contribution in [0.15, 0.2) is 9.90 Å². The normalized spacial score (nSPS) is 21.3. The zero-order valence-electron chi connectivity index (χ0n) is 13.9. The molecule has 3 heterocycles. The number of aryl methyl sites for hydroxylation is 2. The Hall–Kier alpha value is -1.87. The molecule has 0 radical (unpaired) electrons. The maximum Gasteiger partial charge on any atom is 0.256 e. The summed E-state index contributed by atoms with van der Waals surface area (Å²) in [4.78, 5) is 20.3. The molecular weight excluding hydrogens is 333 g/mol. The standard InChI is InChI=1S/C15H20FN5O2S/c1-9-13(8-24-19-9)15(22)20(3)6-12-4-11(16)5-21(12)7-14-17-10(2)23-18-14/h8,11-12H,4-7H2,1-3H3/t11-,12-/m0/s1. The predicted molar refractivity (Wildman–Crippen MR) is 86.6 cm³/mol. The first-order valence-corrected chi connectivity index (χ1v) is 8.61. The van der Waals surface area contributed by atoms with Crippen molar-refractivity contribution in [3.05, 3.63) is 28.4 Å². The molecule has 130 valence electrons. The second kappa shape index (κ2) is 6.94. The topological polar surface area (TPSA) is 75.4 Å². The van der Waals surface area contributed by atoms with Crippen molar-refractivity contribution in [1.82, 2.24) is 24.3 Å². The van der Waals surface area contributed by atoms with Gasteiger partial charge in [0.2, 0.25) is 5.89 Å². The summed E-state index contributed by atoms with van der Waals surface area (Å²) in [6.07, 6.45) is -0.508. The van der Waals surface area contributed by atoms with Gasteiger partial charge in [-0.1, -0.05) is 5.16 Å². The van der Waals surface area contributed by atoms with Crippen molar-refractivity contribution in [2.45, 2.75) is 39.0 Å². The third-order valence-electron chi connectivity index (χ3n) is 4.20. The Kier molecular flexibility index (Phi) is 4.91. The average Bonchev–Trinajstić information content (AvgIpc) is 3.21. The van der Waals surface area contributed by atoms with E-state index in [2.05, 4.69) is 14.5 Å². The second-order valence-electron chi connectivity index (χ2n) is 6.15. The molecule has 1 amide bonds. The van der Waals surface area contributed by atoms with Crippen molar-refractivity contribution in [3.8, 4) is 0 Å². The molecule has 2 aromatic rings. The van der Waals surface area contributed by atoms with E-state index in [0.29, 0.717) is 43.3 Å². The summed E-state index contributed by atoms with van der Waals surface area (Å²) in [5.74, 6) is 0.947. The number of alkyl halides is 1. The highest BCUT2D eigenvalue weighted by molar-refractivity contribution is 7.03. The van der Waals surface area contributed by atoms with Gasteiger partial charge < -0.3 is 9.42 Å². The number of carbonyl (C=O) groups excluding carboxylic acids is 1. The van der Waals surface area contributed by atoms with Crippen molar-refractivity contribution in [2.75, 3.05) is 20.1 Å². The molecule has 0 aliphatic carbocycles. The number of nitrogens with zero attached hydrogens (tertiary/aromatic N) is 5. The van der Waals surface area contributed by atoms with E-state index in [4.69, 9.17) is 4.52 Å². The lowest BCUT2D eigenvalue weighted by atomic mass is 10.1. The van der Waals surface area contributed by atoms with Gasteiger partial charge in [-0.3, -0.25) is 9.69 Å². The molecule has 7 nitrogen and oxygen atoms in total. The first-order chi connectivity index (χ1) is 11.4. The average molecular weight is 353 g/mol. The highest BCUT2D eigenvalue weighted by Gasteiger charge is 2.34. The van der Waals surface area contributed by atoms with Crippen LogP contribution >= 0.6 is 11.5 Å². The van der Waals surface area contributed by atoms with E-state index in [9.17, 15) is 9.18 Å². The quantitative estimate of drug-likeness (QED) is 0.816. The van der Waals surface area contributed by atoms with Crippen LogP contribution in [0, 0.1) is 13.8 Å². The van der Waals surface area contributed by atoms with E-state index in [-0.39, 0.29) is 11.9 Å². The van der Waals surface area contributed by atoms with E-state index in [0.717, 1.165) is 5.69 Å². The van der Waals surface area contributed by atoms with Crippen LogP contribution < -0.4 is 0 Å². The molecule has 1 saturated heterocycles. The van der Waals surface area contributed by atoms with Gasteiger partial charge in [0.05, 0.1) is 17.8 Å². The smallest absolute Gasteiger partial charge is 0.256 e. The molecular formula is C15H20FN5O2S. The van der Waals surface area contributed by atoms with Crippen LogP contribution in [0.2, 0.25) is 0 Å². The lowest BCUT2D eigenvalue weighted by molar-refractivity contribution is 0.0748. The summed E-state index contributed by atoms with van der Waals surface area (Å²) in [7, 11) is 1.74. The van der Waals surface area contributed by atoms with Crippen LogP contribution in [0.3, 0.4) is 0 Å². The maximum absolute atomic E-state index is 13.9. The molecule has 3 rings (SSSR count). The van der Waals surface area contributed by atoms with Gasteiger partial charge in [-0.2, -0.15) is 9.36 Å². The molecule has 0 aromatic carbocycles. The van der Waals surface area contributed by atoms with Gasteiger partial charge >= 0.3 is 0 Å². The maximum atomic E-state index is 13.9. The van der Waals surface area contributed by atoms with E-state index in [1.54, 1.807) is 24.3 Å². The SMILES string of the molecule is Cc1nc(CN2C[C@@H](F)C[C@H]2CN(C)C(=O)c2csnc2C)no1. The molecule has 1 aliphatic heterocycles. The van der Waals surface area contributed by atoms with Gasteiger partial charge in [0.15, 0.2) is 5.82 Å². The minimum Gasteiger partial charge on any atom is -0.340 e. The lowest BCUT2D eigenvalue weighted by Crippen LogP contribution is -2.41. The van der Waals surface area contributed by atoms with Crippen molar-refractivity contribution >= 4 is 17.4 Å². The Morgan fingerprint density at radius 3 is 2.96 bits per heavy atom. The Labute approximate surface area is 143 Å². The molecule has 1 aliphatic rings. The number of aromatic nitrogens is 3. The molecule has 2 atom stereocenters. The highest BCUT2D eigenvalue weighted by atomic mass is 32.1. The van der Waals surface area contributed by atoms with Crippen LogP contribution in [0.4, 0.5) is 4.39 Å². The molecule has 0 saturated carbocycles. The molecule has 0 unspecified atom stereocenters. The number of hydrogen-bond acceptors (Lipinski definition) is 7. The molecule has 0 bridgehead atoms. The number of hydrogen-bond donors (Lipinski definition) is 0. The number of likely N-dealkylation sites (N-methyl/N-ethyl adjacent to an activating group) is 1. The fourth-order valence-corrected chi connectivity index (χ4v) is 3.68. The van der Waals surface area contributed by atoms with Crippen molar-refractivity contribution in [1.29, 1.82) is 0 Å². The van der Waals surface area contributed by atoms with Gasteiger partial charge in [0.1, 0.15) is 6.17 Å². The number of rotatable bonds is 5. The van der Waals surface area contributed by atoms with E-state index in [1.807, 2.05) is 11.8 Å². The van der Waals surface area contributed by atoms with Crippen LogP contribution in [0.1, 0.15) is 34.2 Å². The minimum absolute atomic E-state index is 0.0698. The summed E-state index contributed by atoms with van der Waals surface area (Å²) in [5.41, 5.74) is 1.34. The molecule has 0 spiro atoms. The monoisotopic (exact) mass is 353 g/mol. The fraction of sp³-hybridized carbons (Fsp3) is 0.600. The van der Waals surface area contributed by atoms with Gasteiger partial charge in [0, 0.05) is 38.5 Å². The largest absolute Gasteiger partial charge is 0.340 e. The fourth-order valence-electron chi connectivity index (χ4n) is 3.00. The third-order valence-corrected chi connectivity index (χ3v) is 4.92. The number of likely N-dealkylation sites (tertiary alicyclic amines) is 1. The van der Waals surface area contributed by atoms with Crippen LogP contribution in [-0.4, -0.2) is 62.6 Å². The Morgan fingerprint density at radius 1 is 1.54 bits per heavy atom. The number of halogens is 1. The molecule has 0 N–H and O–H groups in total. The molecule has 1 fully saturated rings. The first-order valence-electron chi connectivity index (χ1n) is 7.77. The highest BCUT2D eigenvalue weighted by Crippen LogP contribution is 2.23. The lowest BCUT2D eigenvalue weighted by Gasteiger charge is -2.27. The number of amides is 1. The summed E-state index contributed by atoms with van der Waals surface area (Å²) >= 11 is 1.26. The minimum atomic E-state index is -0.906. The van der Waals surface area contributed by atoms with E-state index >= 15 is 0 Å². The summed E-state index contributed by atoms with van der Waals surface area (Å²) < 4.78 is 23.0. The second-order valence-corrected chi connectivity index (χ2v) is 6.77. The summed E-state index contributed by atoms with van der Waals surface area (Å²) in [6.45, 7) is 4.73. The Morgan fingerprint density at radius 2 is 2.33 bits per heavy atom. The zero-order chi connectivity index (χ0) is 17.3. The first kappa shape index (κ1) is 17.0. The van der Waals surface area contributed by atoms with E-state index < -0.39 is 6.17 Å². The van der Waals surface area contributed by atoms with Crippen molar-refractivity contribution in [2.24, 2.45) is 0 Å². The number of carbonyl (C=O) groups is 1. The van der Waals surface area contributed by atoms with E-state index in [1.165, 1.54) is 11.5 Å². The predicted octanol–water partition coefficient (Wildman–Crippen LogP) is 1.83. The zero-order valence-corrected chi connectivity index (χ0v) is 14.7. The van der Waals surface area contributed by atoms with Gasteiger partial charge in [-0.15, -0.1) is 0 Å². The molecule has 9 heteroatoms. The van der Waals surface area contributed by atoms with Crippen LogP contribution in [0.5, 0.6) is 0 Å². The van der Waals surface area contributed by atoms with Crippen LogP contribution in [-0.2, 0) is 6.54 Å². The van der Waals surface area contributed by atoms with Gasteiger partial charge in [-0.05, 0) is 24.9 Å². The summed E-state index contributed by atoms with van der Waals surface area (Å²) in [5, 5.41) is 5.62. The van der Waals surface area contributed by atoms with Crippen LogP contribution in [0.25, 0.3) is 0 Å². The Bertz CT molecular complexity index is 718. The third kappa shape index (κ3) is 3.62. The van der Waals surface area contributed by atoms with Gasteiger partial charge in [0.25, 0.3) is 5.91 Å². The molecule has 24 heavy (non-hydrogen) atoms. The van der Waals surface area contributed by atoms with Crippen molar-refractivity contribution < 1.29 is 13.7 Å². The Balaban J connectivity index is 1.65. The molecule has 2 aromatic heterocycles. The summed E-state index contributed by atoms with van der Waals surface area (Å²) in [6, 6.07) is -0.0698. The van der Waals surface area contributed by atoms with Crippen molar-refractivity contribution in [3.63, 3.8) is 0 Å². The van der Waals surface area contributed by atoms with Gasteiger partial charge in [-0.25, -0.2) is 4.39 Å².